The van der Waals surface area contributed by atoms with Gasteiger partial charge >= 0.3 is 12.1 Å². The predicted molar refractivity (Wildman–Crippen MR) is 72.7 cm³/mol. The number of hydrogen-bond donors (Lipinski definition) is 1. The zero-order valence-electron chi connectivity index (χ0n) is 12.2. The number of hydrogen-bond acceptors (Lipinski definition) is 7. The van der Waals surface area contributed by atoms with E-state index in [1.807, 2.05) is 0 Å². The third-order valence-electron chi connectivity index (χ3n) is 2.21. The van der Waals surface area contributed by atoms with Gasteiger partial charge in [-0.1, -0.05) is 0 Å². The second kappa shape index (κ2) is 8.75. The topological polar surface area (TPSA) is 102 Å². The maximum absolute atomic E-state index is 11.6. The van der Waals surface area contributed by atoms with Gasteiger partial charge in [-0.2, -0.15) is 0 Å². The Hall–Kier alpha value is -1.35. The van der Waals surface area contributed by atoms with Crippen molar-refractivity contribution in [1.29, 1.82) is 0 Å². The lowest BCUT2D eigenvalue weighted by atomic mass is 10.4. The van der Waals surface area contributed by atoms with Crippen LogP contribution in [0.3, 0.4) is 0 Å². The van der Waals surface area contributed by atoms with Crippen LogP contribution in [0.1, 0.15) is 20.3 Å². The van der Waals surface area contributed by atoms with Crippen molar-refractivity contribution >= 4 is 21.9 Å². The molecule has 0 heterocycles. The van der Waals surface area contributed by atoms with Crippen LogP contribution in [0.15, 0.2) is 0 Å². The highest BCUT2D eigenvalue weighted by atomic mass is 32.2. The molecule has 1 unspecified atom stereocenters. The Labute approximate surface area is 119 Å². The van der Waals surface area contributed by atoms with Crippen LogP contribution in [0, 0.1) is 0 Å². The Balaban J connectivity index is 4.00. The summed E-state index contributed by atoms with van der Waals surface area (Å²) in [5.74, 6) is -0.589. The summed E-state index contributed by atoms with van der Waals surface area (Å²) >= 11 is 0. The van der Waals surface area contributed by atoms with E-state index < -0.39 is 28.0 Å². The van der Waals surface area contributed by atoms with Gasteiger partial charge in [-0.15, -0.1) is 0 Å². The molecule has 0 saturated carbocycles. The van der Waals surface area contributed by atoms with Crippen LogP contribution in [0.4, 0.5) is 4.79 Å². The SMILES string of the molecule is CCOC(=O)C(C)OC(=O)N(C)NCCCS(C)(=O)=O. The highest BCUT2D eigenvalue weighted by Gasteiger charge is 2.21. The molecular weight excluding hydrogens is 288 g/mol. The molecule has 1 N–H and O–H groups in total. The second-order valence-electron chi connectivity index (χ2n) is 4.23. The number of ether oxygens (including phenoxy) is 2. The minimum absolute atomic E-state index is 0.0299. The molecule has 1 atom stereocenters. The van der Waals surface area contributed by atoms with E-state index in [4.69, 9.17) is 9.47 Å². The zero-order chi connectivity index (χ0) is 15.8. The predicted octanol–water partition coefficient (Wildman–Crippen LogP) is -0.0543. The van der Waals surface area contributed by atoms with Crippen LogP contribution in [0.25, 0.3) is 0 Å². The fourth-order valence-corrected chi connectivity index (χ4v) is 1.85. The highest BCUT2D eigenvalue weighted by Crippen LogP contribution is 1.98. The number of nitrogens with zero attached hydrogens (tertiary/aromatic N) is 1. The molecule has 0 aliphatic rings. The van der Waals surface area contributed by atoms with Crippen molar-refractivity contribution in [2.45, 2.75) is 26.4 Å². The fraction of sp³-hybridized carbons (Fsp3) is 0.818. The molecule has 1 amide bonds. The normalized spacial score (nSPS) is 12.6. The van der Waals surface area contributed by atoms with E-state index >= 15 is 0 Å². The summed E-state index contributed by atoms with van der Waals surface area (Å²) in [4.78, 5) is 22.8. The summed E-state index contributed by atoms with van der Waals surface area (Å²) in [6.45, 7) is 3.57. The Morgan fingerprint density at radius 2 is 1.95 bits per heavy atom. The van der Waals surface area contributed by atoms with Crippen LogP contribution in [0.5, 0.6) is 0 Å². The van der Waals surface area contributed by atoms with Crippen LogP contribution >= 0.6 is 0 Å². The Morgan fingerprint density at radius 3 is 2.45 bits per heavy atom. The third-order valence-corrected chi connectivity index (χ3v) is 3.24. The lowest BCUT2D eigenvalue weighted by Crippen LogP contribution is -2.43. The minimum atomic E-state index is -3.01. The number of carbonyl (C=O) groups excluding carboxylic acids is 2. The zero-order valence-corrected chi connectivity index (χ0v) is 13.0. The molecule has 20 heavy (non-hydrogen) atoms. The number of sulfone groups is 1. The monoisotopic (exact) mass is 310 g/mol. The van der Waals surface area contributed by atoms with Crippen molar-refractivity contribution in [2.24, 2.45) is 0 Å². The molecule has 0 rings (SSSR count). The maximum Gasteiger partial charge on any atom is 0.424 e. The largest absolute Gasteiger partial charge is 0.463 e. The van der Waals surface area contributed by atoms with Gasteiger partial charge in [0.1, 0.15) is 9.84 Å². The lowest BCUT2D eigenvalue weighted by molar-refractivity contribution is -0.152. The molecule has 0 spiro atoms. The van der Waals surface area contributed by atoms with Gasteiger partial charge in [0.15, 0.2) is 6.10 Å². The molecule has 0 aromatic rings. The van der Waals surface area contributed by atoms with Gasteiger partial charge in [0.25, 0.3) is 0 Å². The molecule has 8 nitrogen and oxygen atoms in total. The molecule has 0 fully saturated rings. The van der Waals surface area contributed by atoms with E-state index in [9.17, 15) is 18.0 Å². The van der Waals surface area contributed by atoms with Gasteiger partial charge in [0.2, 0.25) is 0 Å². The summed E-state index contributed by atoms with van der Waals surface area (Å²) < 4.78 is 31.4. The Kier molecular flexibility index (Phi) is 8.16. The molecule has 0 aliphatic heterocycles. The molecule has 0 radical (unpaired) electrons. The molecule has 0 bridgehead atoms. The summed E-state index contributed by atoms with van der Waals surface area (Å²) in [6, 6.07) is 0. The first-order valence-corrected chi connectivity index (χ1v) is 8.25. The minimum Gasteiger partial charge on any atom is -0.463 e. The number of esters is 1. The van der Waals surface area contributed by atoms with Crippen molar-refractivity contribution in [3.8, 4) is 0 Å². The molecule has 0 aromatic heterocycles. The first kappa shape index (κ1) is 18.7. The van der Waals surface area contributed by atoms with E-state index in [0.717, 1.165) is 11.3 Å². The lowest BCUT2D eigenvalue weighted by Gasteiger charge is -2.20. The Bertz CT molecular complexity index is 423. The van der Waals surface area contributed by atoms with E-state index in [2.05, 4.69) is 5.43 Å². The average Bonchev–Trinajstić information content (AvgIpc) is 2.33. The second-order valence-corrected chi connectivity index (χ2v) is 6.49. The number of hydrazine groups is 1. The third kappa shape index (κ3) is 8.70. The van der Waals surface area contributed by atoms with E-state index in [1.54, 1.807) is 6.92 Å². The molecule has 118 valence electrons. The van der Waals surface area contributed by atoms with Crippen molar-refractivity contribution in [3.05, 3.63) is 0 Å². The summed E-state index contributed by atoms with van der Waals surface area (Å²) in [5.41, 5.74) is 2.67. The van der Waals surface area contributed by atoms with E-state index in [-0.39, 0.29) is 12.4 Å². The summed E-state index contributed by atoms with van der Waals surface area (Å²) in [7, 11) is -1.60. The number of nitrogens with one attached hydrogen (secondary N) is 1. The van der Waals surface area contributed by atoms with Crippen molar-refractivity contribution < 1.29 is 27.5 Å². The molecule has 9 heteroatoms. The quantitative estimate of drug-likeness (QED) is 0.381. The van der Waals surface area contributed by atoms with Crippen LogP contribution < -0.4 is 5.43 Å². The van der Waals surface area contributed by atoms with Crippen molar-refractivity contribution in [1.82, 2.24) is 10.4 Å². The smallest absolute Gasteiger partial charge is 0.424 e. The first-order chi connectivity index (χ1) is 9.17. The van der Waals surface area contributed by atoms with Gasteiger partial charge in [-0.25, -0.2) is 28.4 Å². The Morgan fingerprint density at radius 1 is 1.35 bits per heavy atom. The summed E-state index contributed by atoms with van der Waals surface area (Å²) in [5, 5.41) is 1.05. The molecule has 0 aromatic carbocycles. The average molecular weight is 310 g/mol. The molecular formula is C11H22N2O6S. The van der Waals surface area contributed by atoms with E-state index in [0.29, 0.717) is 13.0 Å². The van der Waals surface area contributed by atoms with Crippen LogP contribution in [0.2, 0.25) is 0 Å². The van der Waals surface area contributed by atoms with Gasteiger partial charge < -0.3 is 9.47 Å². The van der Waals surface area contributed by atoms with Gasteiger partial charge in [0, 0.05) is 19.8 Å². The van der Waals surface area contributed by atoms with Crippen molar-refractivity contribution in [2.75, 3.05) is 32.2 Å². The molecule has 0 saturated heterocycles. The molecule has 0 aliphatic carbocycles. The van der Waals surface area contributed by atoms with E-state index in [1.165, 1.54) is 14.0 Å². The standard InChI is InChI=1S/C11H22N2O6S/c1-5-18-10(14)9(2)19-11(15)13(3)12-7-6-8-20(4,16)17/h9,12H,5-8H2,1-4H3. The maximum atomic E-state index is 11.6. The fourth-order valence-electron chi connectivity index (χ4n) is 1.18. The van der Waals surface area contributed by atoms with Gasteiger partial charge in [-0.3, -0.25) is 0 Å². The van der Waals surface area contributed by atoms with Gasteiger partial charge in [-0.05, 0) is 20.3 Å². The first-order valence-electron chi connectivity index (χ1n) is 6.19. The van der Waals surface area contributed by atoms with Gasteiger partial charge in [0.05, 0.1) is 12.4 Å². The van der Waals surface area contributed by atoms with Crippen LogP contribution in [-0.4, -0.2) is 63.8 Å². The summed E-state index contributed by atoms with van der Waals surface area (Å²) in [6.07, 6.45) is -0.233. The number of rotatable bonds is 8. The highest BCUT2D eigenvalue weighted by molar-refractivity contribution is 7.90. The van der Waals surface area contributed by atoms with Crippen molar-refractivity contribution in [3.63, 3.8) is 0 Å². The van der Waals surface area contributed by atoms with Crippen LogP contribution in [-0.2, 0) is 24.1 Å². The number of carbonyl (C=O) groups is 2. The number of amides is 1.